The zero-order valence-corrected chi connectivity index (χ0v) is 17.4. The summed E-state index contributed by atoms with van der Waals surface area (Å²) in [6.45, 7) is 0.760. The van der Waals surface area contributed by atoms with E-state index in [9.17, 15) is 23.5 Å². The number of hydrogen-bond donors (Lipinski definition) is 2. The minimum absolute atomic E-state index is 0.0213. The Morgan fingerprint density at radius 2 is 2.09 bits per heavy atom. The van der Waals surface area contributed by atoms with E-state index in [1.165, 1.54) is 25.6 Å². The molecule has 0 aliphatic heterocycles. The zero-order valence-electron chi connectivity index (χ0n) is 17.4. The van der Waals surface area contributed by atoms with Crippen molar-refractivity contribution < 1.29 is 23.0 Å². The molecule has 166 valence electrons. The van der Waals surface area contributed by atoms with Gasteiger partial charge in [-0.15, -0.1) is 0 Å². The van der Waals surface area contributed by atoms with Crippen molar-refractivity contribution in [1.82, 2.24) is 15.0 Å². The van der Waals surface area contributed by atoms with Crippen molar-refractivity contribution in [3.05, 3.63) is 53.1 Å². The molecule has 0 amide bonds. The molecule has 1 aliphatic carbocycles. The molecule has 0 bridgehead atoms. The third-order valence-corrected chi connectivity index (χ3v) is 5.67. The molecule has 0 radical (unpaired) electrons. The van der Waals surface area contributed by atoms with Crippen LogP contribution in [0.4, 0.5) is 19.0 Å². The SMILES string of the molecule is COc1nc2ncnc(NCc3cccc(C(F)(F)C(C)O)c3F)c2cc1C1(C#N)CC1. The lowest BCUT2D eigenvalue weighted by atomic mass is 9.98. The molecule has 0 spiro atoms. The molecule has 1 aliphatic rings. The zero-order chi connectivity index (χ0) is 23.1. The number of aliphatic hydroxyl groups excluding tert-OH is 1. The molecular weight excluding hydrogens is 423 g/mol. The van der Waals surface area contributed by atoms with Crippen LogP contribution in [0.15, 0.2) is 30.6 Å². The topological polar surface area (TPSA) is 104 Å². The van der Waals surface area contributed by atoms with E-state index < -0.39 is 28.8 Å². The van der Waals surface area contributed by atoms with Gasteiger partial charge in [0.1, 0.15) is 24.1 Å². The molecule has 2 heterocycles. The second-order valence-electron chi connectivity index (χ2n) is 7.76. The van der Waals surface area contributed by atoms with Crippen LogP contribution in [0.1, 0.15) is 36.5 Å². The van der Waals surface area contributed by atoms with Gasteiger partial charge in [0.15, 0.2) is 5.65 Å². The summed E-state index contributed by atoms with van der Waals surface area (Å²) in [4.78, 5) is 12.7. The lowest BCUT2D eigenvalue weighted by Crippen LogP contribution is -2.29. The van der Waals surface area contributed by atoms with Gasteiger partial charge in [-0.25, -0.2) is 14.4 Å². The lowest BCUT2D eigenvalue weighted by Gasteiger charge is -2.21. The van der Waals surface area contributed by atoms with Crippen molar-refractivity contribution in [2.24, 2.45) is 0 Å². The third kappa shape index (κ3) is 3.58. The molecule has 1 unspecified atom stereocenters. The number of pyridine rings is 1. The predicted octanol–water partition coefficient (Wildman–Crippen LogP) is 3.81. The highest BCUT2D eigenvalue weighted by atomic mass is 19.3. The van der Waals surface area contributed by atoms with Gasteiger partial charge in [0.25, 0.3) is 0 Å². The Morgan fingerprint density at radius 1 is 1.34 bits per heavy atom. The summed E-state index contributed by atoms with van der Waals surface area (Å²) in [6.07, 6.45) is 0.584. The largest absolute Gasteiger partial charge is 0.481 e. The minimum atomic E-state index is -3.73. The summed E-state index contributed by atoms with van der Waals surface area (Å²) in [7, 11) is 1.46. The highest BCUT2D eigenvalue weighted by molar-refractivity contribution is 5.88. The van der Waals surface area contributed by atoms with Gasteiger partial charge in [0, 0.05) is 17.7 Å². The molecule has 2 aromatic heterocycles. The van der Waals surface area contributed by atoms with Crippen molar-refractivity contribution in [2.75, 3.05) is 12.4 Å². The fraction of sp³-hybridized carbons (Fsp3) is 0.364. The summed E-state index contributed by atoms with van der Waals surface area (Å²) in [5.41, 5.74) is -0.638. The average Bonchev–Trinajstić information content (AvgIpc) is 3.58. The van der Waals surface area contributed by atoms with Crippen LogP contribution in [0.2, 0.25) is 0 Å². The van der Waals surface area contributed by atoms with Gasteiger partial charge in [-0.05, 0) is 31.9 Å². The van der Waals surface area contributed by atoms with Crippen LogP contribution in [0.25, 0.3) is 11.0 Å². The van der Waals surface area contributed by atoms with Crippen molar-refractivity contribution in [3.8, 4) is 11.9 Å². The van der Waals surface area contributed by atoms with Crippen LogP contribution in [-0.4, -0.2) is 33.3 Å². The van der Waals surface area contributed by atoms with Gasteiger partial charge in [-0.1, -0.05) is 12.1 Å². The molecule has 1 fully saturated rings. The number of rotatable bonds is 7. The van der Waals surface area contributed by atoms with E-state index in [4.69, 9.17) is 4.74 Å². The predicted molar refractivity (Wildman–Crippen MR) is 110 cm³/mol. The van der Waals surface area contributed by atoms with Crippen LogP contribution >= 0.6 is 0 Å². The van der Waals surface area contributed by atoms with Crippen LogP contribution in [0.5, 0.6) is 5.88 Å². The summed E-state index contributed by atoms with van der Waals surface area (Å²) in [6, 6.07) is 7.65. The van der Waals surface area contributed by atoms with Crippen molar-refractivity contribution in [3.63, 3.8) is 0 Å². The monoisotopic (exact) mass is 443 g/mol. The first-order valence-corrected chi connectivity index (χ1v) is 9.92. The standard InChI is InChI=1S/C22H20F3N5O2/c1-12(31)22(24,25)15-5-3-4-13(17(15)23)9-27-18-14-8-16(21(10-26)6-7-21)20(32-2)30-19(14)29-11-28-18/h3-5,8,11-12,31H,6-7,9H2,1-2H3,(H,27,28,29,30). The van der Waals surface area contributed by atoms with E-state index in [1.807, 2.05) is 0 Å². The van der Waals surface area contributed by atoms with Gasteiger partial charge in [0.05, 0.1) is 29.5 Å². The molecule has 4 rings (SSSR count). The molecule has 32 heavy (non-hydrogen) atoms. The Morgan fingerprint density at radius 3 is 2.72 bits per heavy atom. The Kier molecular flexibility index (Phi) is 5.38. The van der Waals surface area contributed by atoms with E-state index in [2.05, 4.69) is 26.3 Å². The van der Waals surface area contributed by atoms with Crippen molar-refractivity contribution >= 4 is 16.9 Å². The number of hydrogen-bond acceptors (Lipinski definition) is 7. The number of fused-ring (bicyclic) bond motifs is 1. The lowest BCUT2D eigenvalue weighted by molar-refractivity contribution is -0.108. The highest BCUT2D eigenvalue weighted by Crippen LogP contribution is 2.51. The first-order valence-electron chi connectivity index (χ1n) is 9.92. The molecule has 1 atom stereocenters. The van der Waals surface area contributed by atoms with E-state index in [0.29, 0.717) is 41.1 Å². The van der Waals surface area contributed by atoms with Crippen LogP contribution in [0, 0.1) is 17.1 Å². The molecular formula is C22H20F3N5O2. The van der Waals surface area contributed by atoms with Gasteiger partial charge >= 0.3 is 5.92 Å². The fourth-order valence-corrected chi connectivity index (χ4v) is 3.55. The number of aliphatic hydroxyl groups is 1. The maximum absolute atomic E-state index is 14.8. The Balaban J connectivity index is 1.69. The highest BCUT2D eigenvalue weighted by Gasteiger charge is 2.47. The Labute approximate surface area is 181 Å². The maximum Gasteiger partial charge on any atom is 0.301 e. The van der Waals surface area contributed by atoms with Crippen LogP contribution in [-0.2, 0) is 17.9 Å². The van der Waals surface area contributed by atoms with Gasteiger partial charge < -0.3 is 15.2 Å². The molecule has 0 saturated heterocycles. The molecule has 1 aromatic carbocycles. The normalized spacial score (nSPS) is 15.8. The van der Waals surface area contributed by atoms with Gasteiger partial charge in [0.2, 0.25) is 5.88 Å². The first kappa shape index (κ1) is 21.8. The number of methoxy groups -OCH3 is 1. The molecule has 10 heteroatoms. The number of alkyl halides is 2. The number of ether oxygens (including phenoxy) is 1. The second kappa shape index (κ2) is 7.91. The van der Waals surface area contributed by atoms with E-state index in [1.54, 1.807) is 6.07 Å². The fourth-order valence-electron chi connectivity index (χ4n) is 3.55. The third-order valence-electron chi connectivity index (χ3n) is 5.67. The number of nitriles is 1. The van der Waals surface area contributed by atoms with Gasteiger partial charge in [-0.3, -0.25) is 0 Å². The van der Waals surface area contributed by atoms with E-state index in [-0.39, 0.29) is 12.1 Å². The first-order chi connectivity index (χ1) is 15.2. The quantitative estimate of drug-likeness (QED) is 0.572. The average molecular weight is 443 g/mol. The summed E-state index contributed by atoms with van der Waals surface area (Å²) >= 11 is 0. The molecule has 2 N–H and O–H groups in total. The smallest absolute Gasteiger partial charge is 0.301 e. The number of benzene rings is 1. The minimum Gasteiger partial charge on any atom is -0.481 e. The Hall–Kier alpha value is -3.45. The number of anilines is 1. The van der Waals surface area contributed by atoms with Crippen LogP contribution < -0.4 is 10.1 Å². The van der Waals surface area contributed by atoms with E-state index in [0.717, 1.165) is 13.0 Å². The summed E-state index contributed by atoms with van der Waals surface area (Å²) in [5.74, 6) is -4.22. The number of halogens is 3. The summed E-state index contributed by atoms with van der Waals surface area (Å²) in [5, 5.41) is 22.4. The number of nitrogens with zero attached hydrogens (tertiary/aromatic N) is 4. The summed E-state index contributed by atoms with van der Waals surface area (Å²) < 4.78 is 48.5. The maximum atomic E-state index is 14.8. The van der Waals surface area contributed by atoms with Crippen LogP contribution in [0.3, 0.4) is 0 Å². The van der Waals surface area contributed by atoms with Gasteiger partial charge in [-0.2, -0.15) is 19.0 Å². The number of aromatic nitrogens is 3. The van der Waals surface area contributed by atoms with Crippen molar-refractivity contribution in [2.45, 2.75) is 43.8 Å². The molecule has 3 aromatic rings. The van der Waals surface area contributed by atoms with Crippen molar-refractivity contribution in [1.29, 1.82) is 5.26 Å². The molecule has 1 saturated carbocycles. The Bertz CT molecular complexity index is 1220. The number of nitrogens with one attached hydrogen (secondary N) is 1. The second-order valence-corrected chi connectivity index (χ2v) is 7.76. The van der Waals surface area contributed by atoms with E-state index >= 15 is 0 Å². The molecule has 7 nitrogen and oxygen atoms in total.